The summed E-state index contributed by atoms with van der Waals surface area (Å²) in [5.41, 5.74) is 1.35. The van der Waals surface area contributed by atoms with Gasteiger partial charge in [-0.25, -0.2) is 9.97 Å². The van der Waals surface area contributed by atoms with Gasteiger partial charge >= 0.3 is 5.69 Å². The average Bonchev–Trinajstić information content (AvgIpc) is 2.55. The van der Waals surface area contributed by atoms with E-state index in [9.17, 15) is 10.1 Å². The molecule has 0 aromatic carbocycles. The van der Waals surface area contributed by atoms with Crippen molar-refractivity contribution in [1.82, 2.24) is 9.97 Å². The second kappa shape index (κ2) is 8.45. The summed E-state index contributed by atoms with van der Waals surface area (Å²) < 4.78 is 0. The molecule has 1 aliphatic carbocycles. The molecule has 1 aliphatic rings. The topological polar surface area (TPSA) is 93.0 Å². The van der Waals surface area contributed by atoms with Crippen molar-refractivity contribution < 1.29 is 4.92 Å². The molecule has 1 heterocycles. The molecule has 0 saturated heterocycles. The average molecular weight is 319 g/mol. The number of nitrogens with one attached hydrogen (secondary N) is 2. The molecular formula is C16H25N5O2. The highest BCUT2D eigenvalue weighted by atomic mass is 16.6. The third-order valence-corrected chi connectivity index (χ3v) is 4.12. The molecule has 2 N–H and O–H groups in total. The smallest absolute Gasteiger partial charge is 0.353 e. The van der Waals surface area contributed by atoms with Crippen LogP contribution in [0.1, 0.15) is 52.4 Å². The summed E-state index contributed by atoms with van der Waals surface area (Å²) >= 11 is 0. The van der Waals surface area contributed by atoms with Crippen molar-refractivity contribution in [2.24, 2.45) is 0 Å². The second-order valence-electron chi connectivity index (χ2n) is 5.92. The summed E-state index contributed by atoms with van der Waals surface area (Å²) in [6, 6.07) is 0.115. The Morgan fingerprint density at radius 3 is 2.78 bits per heavy atom. The number of allylic oxidation sites excluding steroid dienone is 1. The monoisotopic (exact) mass is 319 g/mol. The lowest BCUT2D eigenvalue weighted by Crippen LogP contribution is -2.17. The SMILES string of the molecule is CCC(C)Nc1ncnc(NCCC2=CCCCC2)c1[N+](=O)[O-]. The van der Waals surface area contributed by atoms with Gasteiger partial charge in [0.15, 0.2) is 0 Å². The van der Waals surface area contributed by atoms with Gasteiger partial charge < -0.3 is 10.6 Å². The normalized spacial score (nSPS) is 15.7. The Labute approximate surface area is 136 Å². The Balaban J connectivity index is 2.06. The quantitative estimate of drug-likeness (QED) is 0.429. The highest BCUT2D eigenvalue weighted by Gasteiger charge is 2.23. The fraction of sp³-hybridized carbons (Fsp3) is 0.625. The molecule has 7 nitrogen and oxygen atoms in total. The number of rotatable bonds is 8. The van der Waals surface area contributed by atoms with Gasteiger partial charge in [0.1, 0.15) is 6.33 Å². The molecule has 1 aromatic rings. The van der Waals surface area contributed by atoms with Crippen molar-refractivity contribution in [3.63, 3.8) is 0 Å². The molecule has 0 saturated carbocycles. The minimum absolute atomic E-state index is 0.0783. The lowest BCUT2D eigenvalue weighted by Gasteiger charge is -2.15. The van der Waals surface area contributed by atoms with Crippen LogP contribution in [-0.4, -0.2) is 27.5 Å². The van der Waals surface area contributed by atoms with Crippen LogP contribution in [0.5, 0.6) is 0 Å². The number of hydrogen-bond donors (Lipinski definition) is 2. The van der Waals surface area contributed by atoms with Crippen LogP contribution in [0.3, 0.4) is 0 Å². The molecule has 2 rings (SSSR count). The minimum Gasteiger partial charge on any atom is -0.364 e. The molecule has 0 fully saturated rings. The van der Waals surface area contributed by atoms with Gasteiger partial charge in [-0.05, 0) is 45.4 Å². The zero-order valence-corrected chi connectivity index (χ0v) is 13.8. The maximum atomic E-state index is 11.4. The molecule has 7 heteroatoms. The van der Waals surface area contributed by atoms with Gasteiger partial charge in [-0.2, -0.15) is 0 Å². The summed E-state index contributed by atoms with van der Waals surface area (Å²) in [4.78, 5) is 19.1. The van der Waals surface area contributed by atoms with Crippen molar-refractivity contribution in [3.05, 3.63) is 28.1 Å². The van der Waals surface area contributed by atoms with Crippen molar-refractivity contribution >= 4 is 17.3 Å². The van der Waals surface area contributed by atoms with E-state index < -0.39 is 4.92 Å². The van der Waals surface area contributed by atoms with Crippen LogP contribution in [0, 0.1) is 10.1 Å². The Morgan fingerprint density at radius 1 is 1.35 bits per heavy atom. The molecule has 0 aliphatic heterocycles. The zero-order valence-electron chi connectivity index (χ0n) is 13.8. The zero-order chi connectivity index (χ0) is 16.7. The van der Waals surface area contributed by atoms with E-state index in [0.717, 1.165) is 25.7 Å². The standard InChI is InChI=1S/C16H25N5O2/c1-3-12(2)20-16-14(21(22)23)15(18-11-19-16)17-10-9-13-7-5-4-6-8-13/h7,11-12H,3-6,8-10H2,1-2H3,(H2,17,18,19,20). The molecule has 0 radical (unpaired) electrons. The fourth-order valence-corrected chi connectivity index (χ4v) is 2.60. The van der Waals surface area contributed by atoms with Gasteiger partial charge in [0.25, 0.3) is 0 Å². The summed E-state index contributed by atoms with van der Waals surface area (Å²) in [5, 5.41) is 17.6. The molecule has 1 unspecified atom stereocenters. The third kappa shape index (κ3) is 4.91. The highest BCUT2D eigenvalue weighted by molar-refractivity contribution is 5.69. The van der Waals surface area contributed by atoms with Crippen molar-refractivity contribution in [3.8, 4) is 0 Å². The Bertz CT molecular complexity index is 574. The molecule has 126 valence electrons. The van der Waals surface area contributed by atoms with E-state index >= 15 is 0 Å². The third-order valence-electron chi connectivity index (χ3n) is 4.12. The Hall–Kier alpha value is -2.18. The largest absolute Gasteiger partial charge is 0.364 e. The van der Waals surface area contributed by atoms with E-state index in [4.69, 9.17) is 0 Å². The Morgan fingerprint density at radius 2 is 2.13 bits per heavy atom. The molecule has 0 amide bonds. The highest BCUT2D eigenvalue weighted by Crippen LogP contribution is 2.29. The molecule has 1 aromatic heterocycles. The second-order valence-corrected chi connectivity index (χ2v) is 5.92. The van der Waals surface area contributed by atoms with Gasteiger partial charge in [0.2, 0.25) is 11.6 Å². The van der Waals surface area contributed by atoms with E-state index in [1.165, 1.54) is 24.7 Å². The molecule has 0 spiro atoms. The van der Waals surface area contributed by atoms with Crippen LogP contribution in [-0.2, 0) is 0 Å². The van der Waals surface area contributed by atoms with Crippen molar-refractivity contribution in [2.75, 3.05) is 17.2 Å². The summed E-state index contributed by atoms with van der Waals surface area (Å²) in [7, 11) is 0. The molecule has 23 heavy (non-hydrogen) atoms. The number of aromatic nitrogens is 2. The van der Waals surface area contributed by atoms with Crippen LogP contribution >= 0.6 is 0 Å². The maximum absolute atomic E-state index is 11.4. The number of hydrogen-bond acceptors (Lipinski definition) is 6. The van der Waals surface area contributed by atoms with Crippen LogP contribution in [0.4, 0.5) is 17.3 Å². The first-order chi connectivity index (χ1) is 11.1. The van der Waals surface area contributed by atoms with Crippen LogP contribution in [0.25, 0.3) is 0 Å². The van der Waals surface area contributed by atoms with Gasteiger partial charge in [-0.3, -0.25) is 10.1 Å². The van der Waals surface area contributed by atoms with E-state index in [0.29, 0.717) is 6.54 Å². The van der Waals surface area contributed by atoms with E-state index in [2.05, 4.69) is 26.7 Å². The van der Waals surface area contributed by atoms with Gasteiger partial charge in [-0.15, -0.1) is 0 Å². The van der Waals surface area contributed by atoms with E-state index in [-0.39, 0.29) is 23.4 Å². The van der Waals surface area contributed by atoms with Gasteiger partial charge in [0.05, 0.1) is 4.92 Å². The van der Waals surface area contributed by atoms with Crippen LogP contribution < -0.4 is 10.6 Å². The van der Waals surface area contributed by atoms with Gasteiger partial charge in [0, 0.05) is 12.6 Å². The van der Waals surface area contributed by atoms with E-state index in [1.807, 2.05) is 13.8 Å². The molecule has 1 atom stereocenters. The predicted octanol–water partition coefficient (Wildman–Crippen LogP) is 3.90. The first kappa shape index (κ1) is 17.2. The lowest BCUT2D eigenvalue weighted by atomic mass is 9.97. The summed E-state index contributed by atoms with van der Waals surface area (Å²) in [6.45, 7) is 4.63. The maximum Gasteiger partial charge on any atom is 0.353 e. The van der Waals surface area contributed by atoms with Crippen LogP contribution in [0.2, 0.25) is 0 Å². The fourth-order valence-electron chi connectivity index (χ4n) is 2.60. The Kier molecular flexibility index (Phi) is 6.31. The predicted molar refractivity (Wildman–Crippen MR) is 91.7 cm³/mol. The first-order valence-electron chi connectivity index (χ1n) is 8.29. The number of anilines is 2. The summed E-state index contributed by atoms with van der Waals surface area (Å²) in [5.74, 6) is 0.561. The number of nitrogens with zero attached hydrogens (tertiary/aromatic N) is 3. The first-order valence-corrected chi connectivity index (χ1v) is 8.29. The number of nitro groups is 1. The summed E-state index contributed by atoms with van der Waals surface area (Å²) in [6.07, 6.45) is 10.2. The van der Waals surface area contributed by atoms with Crippen LogP contribution in [0.15, 0.2) is 18.0 Å². The molecule has 0 bridgehead atoms. The van der Waals surface area contributed by atoms with E-state index in [1.54, 1.807) is 0 Å². The van der Waals surface area contributed by atoms with Crippen molar-refractivity contribution in [2.45, 2.75) is 58.4 Å². The van der Waals surface area contributed by atoms with Gasteiger partial charge in [-0.1, -0.05) is 18.6 Å². The minimum atomic E-state index is -0.424. The van der Waals surface area contributed by atoms with Crippen molar-refractivity contribution in [1.29, 1.82) is 0 Å². The lowest BCUT2D eigenvalue weighted by molar-refractivity contribution is -0.383. The molecular weight excluding hydrogens is 294 g/mol.